The Balaban J connectivity index is 1.68. The van der Waals surface area contributed by atoms with E-state index in [1.807, 2.05) is 29.0 Å². The summed E-state index contributed by atoms with van der Waals surface area (Å²) in [5.74, 6) is 0.554. The smallest absolute Gasteiger partial charge is 0.125 e. The minimum atomic E-state index is -0.225. The molecule has 0 radical (unpaired) electrons. The molecule has 1 aromatic heterocycles. The number of nitrogens with two attached hydrogens (primary N) is 1. The predicted molar refractivity (Wildman–Crippen MR) is 78.2 cm³/mol. The topological polar surface area (TPSA) is 40.2 Å². The van der Waals surface area contributed by atoms with E-state index in [4.69, 9.17) is 10.5 Å². The maximum atomic E-state index is 13.3. The fourth-order valence-electron chi connectivity index (χ4n) is 2.18. The Morgan fingerprint density at radius 2 is 1.85 bits per heavy atom. The molecule has 0 aliphatic heterocycles. The fraction of sp³-hybridized carbons (Fsp3) is 0.125. The summed E-state index contributed by atoms with van der Waals surface area (Å²) < 4.78 is 20.9. The zero-order chi connectivity index (χ0) is 13.9. The minimum absolute atomic E-state index is 0.225. The first-order chi connectivity index (χ1) is 9.72. The number of nitrogens with zero attached hydrogens (tertiary/aromatic N) is 1. The molecule has 2 N–H and O–H groups in total. The zero-order valence-electron chi connectivity index (χ0n) is 10.9. The molecular weight excluding hydrogens is 255 g/mol. The largest absolute Gasteiger partial charge is 0.492 e. The summed E-state index contributed by atoms with van der Waals surface area (Å²) in [5, 5.41) is 1.03. The highest BCUT2D eigenvalue weighted by atomic mass is 19.1. The lowest BCUT2D eigenvalue weighted by atomic mass is 10.2. The van der Waals surface area contributed by atoms with E-state index in [1.165, 1.54) is 6.07 Å². The summed E-state index contributed by atoms with van der Waals surface area (Å²) in [6, 6.07) is 14.0. The molecule has 2 aromatic carbocycles. The number of halogens is 1. The van der Waals surface area contributed by atoms with Gasteiger partial charge in [0.05, 0.1) is 12.1 Å². The molecule has 1 heterocycles. The second-order valence-electron chi connectivity index (χ2n) is 4.63. The van der Waals surface area contributed by atoms with Crippen LogP contribution in [0.4, 0.5) is 10.1 Å². The van der Waals surface area contributed by atoms with Crippen molar-refractivity contribution in [3.05, 3.63) is 60.5 Å². The van der Waals surface area contributed by atoms with E-state index in [9.17, 15) is 4.39 Å². The van der Waals surface area contributed by atoms with Gasteiger partial charge in [0.2, 0.25) is 0 Å². The summed E-state index contributed by atoms with van der Waals surface area (Å²) in [7, 11) is 0. The normalized spacial score (nSPS) is 10.8. The van der Waals surface area contributed by atoms with Crippen molar-refractivity contribution in [2.75, 3.05) is 12.3 Å². The summed E-state index contributed by atoms with van der Waals surface area (Å²) in [5.41, 5.74) is 7.21. The lowest BCUT2D eigenvalue weighted by Gasteiger charge is -2.08. The third-order valence-electron chi connectivity index (χ3n) is 3.22. The van der Waals surface area contributed by atoms with Gasteiger partial charge in [-0.1, -0.05) is 0 Å². The first-order valence-corrected chi connectivity index (χ1v) is 6.45. The molecule has 3 nitrogen and oxygen atoms in total. The van der Waals surface area contributed by atoms with Gasteiger partial charge in [-0.2, -0.15) is 0 Å². The van der Waals surface area contributed by atoms with Crippen LogP contribution in [0.2, 0.25) is 0 Å². The van der Waals surface area contributed by atoms with Crippen molar-refractivity contribution < 1.29 is 9.13 Å². The summed E-state index contributed by atoms with van der Waals surface area (Å²) in [6.07, 6.45) is 1.94. The quantitative estimate of drug-likeness (QED) is 0.738. The number of hydrogen-bond donors (Lipinski definition) is 1. The number of ether oxygens (including phenoxy) is 1. The van der Waals surface area contributed by atoms with Crippen LogP contribution in [0.3, 0.4) is 0 Å². The highest BCUT2D eigenvalue weighted by Gasteiger charge is 2.02. The highest BCUT2D eigenvalue weighted by molar-refractivity contribution is 5.80. The van der Waals surface area contributed by atoms with Gasteiger partial charge in [0, 0.05) is 11.9 Å². The minimum Gasteiger partial charge on any atom is -0.492 e. The van der Waals surface area contributed by atoms with Crippen LogP contribution in [0, 0.1) is 5.82 Å². The molecule has 0 fully saturated rings. The van der Waals surface area contributed by atoms with Gasteiger partial charge < -0.3 is 15.0 Å². The van der Waals surface area contributed by atoms with Gasteiger partial charge in [0.15, 0.2) is 0 Å². The molecule has 0 bridgehead atoms. The molecule has 0 spiro atoms. The van der Waals surface area contributed by atoms with Gasteiger partial charge in [-0.3, -0.25) is 0 Å². The van der Waals surface area contributed by atoms with Gasteiger partial charge in [-0.25, -0.2) is 4.39 Å². The fourth-order valence-corrected chi connectivity index (χ4v) is 2.18. The Labute approximate surface area is 116 Å². The maximum absolute atomic E-state index is 13.3. The van der Waals surface area contributed by atoms with Crippen molar-refractivity contribution in [2.24, 2.45) is 0 Å². The molecule has 0 saturated carbocycles. The van der Waals surface area contributed by atoms with E-state index < -0.39 is 0 Å². The number of nitrogen functional groups attached to an aromatic ring is 1. The molecule has 0 amide bonds. The summed E-state index contributed by atoms with van der Waals surface area (Å²) in [4.78, 5) is 0. The van der Waals surface area contributed by atoms with Crippen LogP contribution in [-0.2, 0) is 6.54 Å². The molecule has 20 heavy (non-hydrogen) atoms. The molecule has 0 atom stereocenters. The number of rotatable bonds is 4. The van der Waals surface area contributed by atoms with E-state index in [0.717, 1.165) is 16.7 Å². The third-order valence-corrected chi connectivity index (χ3v) is 3.22. The third kappa shape index (κ3) is 2.59. The van der Waals surface area contributed by atoms with Crippen molar-refractivity contribution in [3.8, 4) is 5.75 Å². The van der Waals surface area contributed by atoms with Crippen LogP contribution >= 0.6 is 0 Å². The van der Waals surface area contributed by atoms with E-state index in [0.29, 0.717) is 18.8 Å². The van der Waals surface area contributed by atoms with E-state index in [1.54, 1.807) is 24.3 Å². The summed E-state index contributed by atoms with van der Waals surface area (Å²) in [6.45, 7) is 1.18. The van der Waals surface area contributed by atoms with E-state index in [2.05, 4.69) is 0 Å². The summed E-state index contributed by atoms with van der Waals surface area (Å²) >= 11 is 0. The Kier molecular flexibility index (Phi) is 3.29. The Hall–Kier alpha value is -2.49. The van der Waals surface area contributed by atoms with Crippen molar-refractivity contribution in [2.45, 2.75) is 6.54 Å². The predicted octanol–water partition coefficient (Wildman–Crippen LogP) is 3.44. The Morgan fingerprint density at radius 1 is 1.05 bits per heavy atom. The van der Waals surface area contributed by atoms with Crippen LogP contribution < -0.4 is 10.5 Å². The van der Waals surface area contributed by atoms with Crippen molar-refractivity contribution in [1.82, 2.24) is 4.57 Å². The lowest BCUT2D eigenvalue weighted by molar-refractivity contribution is 0.300. The average Bonchev–Trinajstić information content (AvgIpc) is 2.84. The maximum Gasteiger partial charge on any atom is 0.125 e. The van der Waals surface area contributed by atoms with E-state index in [-0.39, 0.29) is 5.82 Å². The average molecular weight is 270 g/mol. The molecular formula is C16H15FN2O. The number of anilines is 1. The standard InChI is InChI=1S/C16H15FN2O/c17-13-2-1-12-7-8-19(16(12)11-13)9-10-20-15-5-3-14(18)4-6-15/h1-8,11H,9-10,18H2. The van der Waals surface area contributed by atoms with Crippen molar-refractivity contribution in [1.29, 1.82) is 0 Å². The van der Waals surface area contributed by atoms with Crippen LogP contribution in [0.1, 0.15) is 0 Å². The first-order valence-electron chi connectivity index (χ1n) is 6.45. The Morgan fingerprint density at radius 3 is 2.65 bits per heavy atom. The second-order valence-corrected chi connectivity index (χ2v) is 4.63. The van der Waals surface area contributed by atoms with Gasteiger partial charge in [0.25, 0.3) is 0 Å². The Bertz CT molecular complexity index is 719. The van der Waals surface area contributed by atoms with Crippen LogP contribution in [0.5, 0.6) is 5.75 Å². The molecule has 3 aromatic rings. The molecule has 4 heteroatoms. The van der Waals surface area contributed by atoms with Gasteiger partial charge in [-0.15, -0.1) is 0 Å². The molecule has 0 aliphatic carbocycles. The molecule has 102 valence electrons. The van der Waals surface area contributed by atoms with Crippen LogP contribution in [-0.4, -0.2) is 11.2 Å². The van der Waals surface area contributed by atoms with Gasteiger partial charge in [-0.05, 0) is 53.9 Å². The zero-order valence-corrected chi connectivity index (χ0v) is 10.9. The molecule has 3 rings (SSSR count). The van der Waals surface area contributed by atoms with E-state index >= 15 is 0 Å². The van der Waals surface area contributed by atoms with Gasteiger partial charge in [0.1, 0.15) is 18.2 Å². The van der Waals surface area contributed by atoms with Crippen LogP contribution in [0.15, 0.2) is 54.7 Å². The number of hydrogen-bond acceptors (Lipinski definition) is 2. The molecule has 0 saturated heterocycles. The van der Waals surface area contributed by atoms with Gasteiger partial charge >= 0.3 is 0 Å². The lowest BCUT2D eigenvalue weighted by Crippen LogP contribution is -2.07. The monoisotopic (exact) mass is 270 g/mol. The number of aromatic nitrogens is 1. The van der Waals surface area contributed by atoms with Crippen molar-refractivity contribution >= 4 is 16.6 Å². The molecule has 0 aliphatic rings. The highest BCUT2D eigenvalue weighted by Crippen LogP contribution is 2.17. The number of benzene rings is 2. The molecule has 0 unspecified atom stereocenters. The van der Waals surface area contributed by atoms with Crippen molar-refractivity contribution in [3.63, 3.8) is 0 Å². The first kappa shape index (κ1) is 12.5. The van der Waals surface area contributed by atoms with Crippen LogP contribution in [0.25, 0.3) is 10.9 Å². The SMILES string of the molecule is Nc1ccc(OCCn2ccc3ccc(F)cc32)cc1. The number of fused-ring (bicyclic) bond motifs is 1. The second kappa shape index (κ2) is 5.25.